The van der Waals surface area contributed by atoms with E-state index in [2.05, 4.69) is 0 Å². The average Bonchev–Trinajstić information content (AvgIpc) is 3.74. The van der Waals surface area contributed by atoms with Crippen molar-refractivity contribution < 1.29 is 38.0 Å². The molecule has 1 aromatic carbocycles. The van der Waals surface area contributed by atoms with E-state index in [9.17, 15) is 9.59 Å². The fourth-order valence-electron chi connectivity index (χ4n) is 4.44. The molecule has 2 atom stereocenters. The van der Waals surface area contributed by atoms with Crippen molar-refractivity contribution >= 4 is 12.0 Å². The Morgan fingerprint density at radius 1 is 1.03 bits per heavy atom. The minimum atomic E-state index is -0.734. The summed E-state index contributed by atoms with van der Waals surface area (Å²) in [6, 6.07) is 5.77. The Morgan fingerprint density at radius 2 is 1.67 bits per heavy atom. The van der Waals surface area contributed by atoms with Crippen LogP contribution < -0.4 is 9.47 Å². The number of carbonyl (C=O) groups is 2. The first kappa shape index (κ1) is 31.0. The van der Waals surface area contributed by atoms with Crippen molar-refractivity contribution in [1.82, 2.24) is 9.80 Å². The van der Waals surface area contributed by atoms with Crippen LogP contribution in [0.15, 0.2) is 18.2 Å². The Bertz CT molecular complexity index is 930. The van der Waals surface area contributed by atoms with Gasteiger partial charge < -0.3 is 38.2 Å². The summed E-state index contributed by atoms with van der Waals surface area (Å²) in [6.45, 7) is 10.6. The first-order chi connectivity index (χ1) is 18.6. The lowest BCUT2D eigenvalue weighted by Gasteiger charge is -2.38. The van der Waals surface area contributed by atoms with Gasteiger partial charge in [-0.15, -0.1) is 0 Å². The van der Waals surface area contributed by atoms with Crippen molar-refractivity contribution in [2.24, 2.45) is 0 Å². The van der Waals surface area contributed by atoms with Crippen molar-refractivity contribution in [3.63, 3.8) is 0 Å². The quantitative estimate of drug-likeness (QED) is 0.318. The number of methoxy groups -OCH3 is 2. The third-order valence-electron chi connectivity index (χ3n) is 6.56. The number of ether oxygens (including phenoxy) is 6. The summed E-state index contributed by atoms with van der Waals surface area (Å²) < 4.78 is 33.7. The highest BCUT2D eigenvalue weighted by molar-refractivity contribution is 5.83. The van der Waals surface area contributed by atoms with Crippen molar-refractivity contribution in [2.45, 2.75) is 77.2 Å². The van der Waals surface area contributed by atoms with Crippen LogP contribution in [0.2, 0.25) is 0 Å². The Labute approximate surface area is 232 Å². The summed E-state index contributed by atoms with van der Waals surface area (Å²) >= 11 is 0. The summed E-state index contributed by atoms with van der Waals surface area (Å²) in [5.74, 6) is 1.19. The molecule has 10 heteroatoms. The second-order valence-electron chi connectivity index (χ2n) is 11.0. The predicted octanol–water partition coefficient (Wildman–Crippen LogP) is 4.21. The number of benzene rings is 1. The molecule has 1 heterocycles. The molecule has 2 aliphatic rings. The van der Waals surface area contributed by atoms with E-state index in [1.165, 1.54) is 0 Å². The van der Waals surface area contributed by atoms with Crippen LogP contribution in [0.4, 0.5) is 4.79 Å². The van der Waals surface area contributed by atoms with E-state index >= 15 is 0 Å². The molecule has 2 fully saturated rings. The highest BCUT2D eigenvalue weighted by Gasteiger charge is 2.42. The van der Waals surface area contributed by atoms with Gasteiger partial charge in [0, 0.05) is 52.9 Å². The standard InChI is InChI=1S/C29H46N2O8/c1-21(22-9-12-24(36-16-7-14-34-5)25(19-22)37-17-8-15-35-6)31(23-10-11-23)27(32)26-20-30(13-18-38-26)28(33)39-29(2,3)4/h9,12,19,21,23,26H,7-8,10-11,13-18,20H2,1-6H3/t21-,26-/m1/s1. The fourth-order valence-corrected chi connectivity index (χ4v) is 4.44. The number of carbonyl (C=O) groups excluding carboxylic acids is 2. The van der Waals surface area contributed by atoms with Gasteiger partial charge in [-0.05, 0) is 58.2 Å². The zero-order chi connectivity index (χ0) is 28.4. The SMILES string of the molecule is COCCCOc1ccc([C@@H](C)N(C(=O)[C@H]2CN(C(=O)OC(C)(C)C)CCO2)C2CC2)cc1OCCCOC. The van der Waals surface area contributed by atoms with Gasteiger partial charge in [0.25, 0.3) is 5.91 Å². The van der Waals surface area contributed by atoms with Gasteiger partial charge in [-0.3, -0.25) is 4.79 Å². The summed E-state index contributed by atoms with van der Waals surface area (Å²) in [5, 5.41) is 0. The van der Waals surface area contributed by atoms with Gasteiger partial charge in [0.15, 0.2) is 17.6 Å². The van der Waals surface area contributed by atoms with Crippen LogP contribution in [0.1, 0.15) is 65.0 Å². The second-order valence-corrected chi connectivity index (χ2v) is 11.0. The van der Waals surface area contributed by atoms with E-state index in [1.54, 1.807) is 19.1 Å². The molecule has 1 aliphatic carbocycles. The van der Waals surface area contributed by atoms with Crippen molar-refractivity contribution in [2.75, 3.05) is 60.3 Å². The Hall–Kier alpha value is -2.56. The molecule has 3 rings (SSSR count). The maximum absolute atomic E-state index is 13.8. The molecule has 1 aliphatic heterocycles. The van der Waals surface area contributed by atoms with Crippen molar-refractivity contribution in [3.05, 3.63) is 23.8 Å². The molecule has 1 saturated carbocycles. The van der Waals surface area contributed by atoms with Gasteiger partial charge in [-0.25, -0.2) is 4.79 Å². The van der Waals surface area contributed by atoms with E-state index in [1.807, 2.05) is 50.8 Å². The van der Waals surface area contributed by atoms with Gasteiger partial charge in [0.1, 0.15) is 5.60 Å². The number of morpholine rings is 1. The summed E-state index contributed by atoms with van der Waals surface area (Å²) in [4.78, 5) is 29.9. The van der Waals surface area contributed by atoms with E-state index in [0.717, 1.165) is 31.2 Å². The van der Waals surface area contributed by atoms with Crippen molar-refractivity contribution in [3.8, 4) is 11.5 Å². The molecular formula is C29H46N2O8. The van der Waals surface area contributed by atoms with Gasteiger partial charge >= 0.3 is 6.09 Å². The smallest absolute Gasteiger partial charge is 0.410 e. The number of amides is 2. The second kappa shape index (κ2) is 14.7. The van der Waals surface area contributed by atoms with Gasteiger partial charge in [-0.1, -0.05) is 6.07 Å². The molecule has 0 bridgehead atoms. The zero-order valence-corrected chi connectivity index (χ0v) is 24.4. The fraction of sp³-hybridized carbons (Fsp3) is 0.724. The maximum Gasteiger partial charge on any atom is 0.410 e. The molecule has 0 N–H and O–H groups in total. The van der Waals surface area contributed by atoms with Crippen LogP contribution in [0.25, 0.3) is 0 Å². The normalized spacial score (nSPS) is 18.4. The third kappa shape index (κ3) is 9.54. The van der Waals surface area contributed by atoms with E-state index in [0.29, 0.717) is 44.5 Å². The Kier molecular flexibility index (Phi) is 11.7. The largest absolute Gasteiger partial charge is 0.490 e. The summed E-state index contributed by atoms with van der Waals surface area (Å²) in [5.41, 5.74) is 0.341. The lowest BCUT2D eigenvalue weighted by Crippen LogP contribution is -2.54. The summed E-state index contributed by atoms with van der Waals surface area (Å²) in [7, 11) is 3.33. The first-order valence-corrected chi connectivity index (χ1v) is 13.9. The van der Waals surface area contributed by atoms with Crippen LogP contribution in [-0.4, -0.2) is 99.9 Å². The molecule has 10 nitrogen and oxygen atoms in total. The Morgan fingerprint density at radius 3 is 2.26 bits per heavy atom. The first-order valence-electron chi connectivity index (χ1n) is 13.9. The monoisotopic (exact) mass is 550 g/mol. The van der Waals surface area contributed by atoms with Crippen LogP contribution in [0.3, 0.4) is 0 Å². The van der Waals surface area contributed by atoms with Gasteiger partial charge in [0.05, 0.1) is 32.4 Å². The summed E-state index contributed by atoms with van der Waals surface area (Å²) in [6.07, 6.45) is 2.25. The topological polar surface area (TPSA) is 96.0 Å². The molecule has 39 heavy (non-hydrogen) atoms. The average molecular weight is 551 g/mol. The highest BCUT2D eigenvalue weighted by Crippen LogP contribution is 2.38. The van der Waals surface area contributed by atoms with E-state index < -0.39 is 17.8 Å². The van der Waals surface area contributed by atoms with Crippen LogP contribution >= 0.6 is 0 Å². The predicted molar refractivity (Wildman–Crippen MR) is 146 cm³/mol. The lowest BCUT2D eigenvalue weighted by molar-refractivity contribution is -0.151. The zero-order valence-electron chi connectivity index (χ0n) is 24.4. The number of nitrogens with zero attached hydrogens (tertiary/aromatic N) is 2. The van der Waals surface area contributed by atoms with Crippen LogP contribution in [0.5, 0.6) is 11.5 Å². The molecule has 0 aromatic heterocycles. The van der Waals surface area contributed by atoms with Gasteiger partial charge in [0.2, 0.25) is 0 Å². The molecule has 0 radical (unpaired) electrons. The number of rotatable bonds is 14. The van der Waals surface area contributed by atoms with Crippen LogP contribution in [0, 0.1) is 0 Å². The third-order valence-corrected chi connectivity index (χ3v) is 6.56. The Balaban J connectivity index is 1.74. The molecule has 2 amide bonds. The molecule has 1 aromatic rings. The van der Waals surface area contributed by atoms with E-state index in [-0.39, 0.29) is 31.1 Å². The molecule has 0 spiro atoms. The molecule has 220 valence electrons. The van der Waals surface area contributed by atoms with E-state index in [4.69, 9.17) is 28.4 Å². The molecule has 0 unspecified atom stereocenters. The maximum atomic E-state index is 13.8. The minimum Gasteiger partial charge on any atom is -0.490 e. The molecule has 1 saturated heterocycles. The van der Waals surface area contributed by atoms with Gasteiger partial charge in [-0.2, -0.15) is 0 Å². The highest BCUT2D eigenvalue weighted by atomic mass is 16.6. The number of hydrogen-bond acceptors (Lipinski definition) is 8. The molecular weight excluding hydrogens is 504 g/mol. The minimum absolute atomic E-state index is 0.110. The van der Waals surface area contributed by atoms with Crippen LogP contribution in [-0.2, 0) is 23.7 Å². The lowest BCUT2D eigenvalue weighted by atomic mass is 10.0. The van der Waals surface area contributed by atoms with Crippen molar-refractivity contribution in [1.29, 1.82) is 0 Å². The number of hydrogen-bond donors (Lipinski definition) is 0.